The van der Waals surface area contributed by atoms with Crippen molar-refractivity contribution in [2.24, 2.45) is 0 Å². The summed E-state index contributed by atoms with van der Waals surface area (Å²) in [4.78, 5) is 15.1. The lowest BCUT2D eigenvalue weighted by Crippen LogP contribution is -2.41. The Hall–Kier alpha value is -2.09. The molecule has 0 saturated carbocycles. The molecule has 1 saturated heterocycles. The van der Waals surface area contributed by atoms with Crippen LogP contribution in [-0.2, 0) is 14.8 Å². The molecule has 0 unspecified atom stereocenters. The maximum absolute atomic E-state index is 13.3. The van der Waals surface area contributed by atoms with Crippen molar-refractivity contribution in [2.75, 3.05) is 37.0 Å². The predicted molar refractivity (Wildman–Crippen MR) is 125 cm³/mol. The topological polar surface area (TPSA) is 69.7 Å². The highest BCUT2D eigenvalue weighted by atomic mass is 35.5. The number of carbonyl (C=O) groups is 1. The average molecular weight is 464 g/mol. The molecule has 2 aromatic carbocycles. The molecule has 1 N–H and O–H groups in total. The standard InChI is InChI=1S/C23H30ClN3O3S/c1-19-6-10-21(11-7-19)27(31(29,30)22-12-8-20(24)9-13-22)18-23(28)25-14-5-17-26-15-3-2-4-16-26/h6-13H,2-5,14-18H2,1H3,(H,25,28). The van der Waals surface area contributed by atoms with Crippen LogP contribution in [0.15, 0.2) is 53.4 Å². The number of anilines is 1. The molecule has 8 heteroatoms. The van der Waals surface area contributed by atoms with Crippen molar-refractivity contribution in [1.82, 2.24) is 10.2 Å². The van der Waals surface area contributed by atoms with Gasteiger partial charge in [0, 0.05) is 11.6 Å². The molecule has 0 radical (unpaired) electrons. The molecule has 2 aromatic rings. The van der Waals surface area contributed by atoms with Crippen molar-refractivity contribution in [3.05, 3.63) is 59.1 Å². The summed E-state index contributed by atoms with van der Waals surface area (Å²) in [5.74, 6) is -0.322. The van der Waals surface area contributed by atoms with Gasteiger partial charge < -0.3 is 10.2 Å². The van der Waals surface area contributed by atoms with Crippen molar-refractivity contribution in [3.63, 3.8) is 0 Å². The van der Waals surface area contributed by atoms with Gasteiger partial charge >= 0.3 is 0 Å². The van der Waals surface area contributed by atoms with Crippen LogP contribution < -0.4 is 9.62 Å². The van der Waals surface area contributed by atoms with E-state index in [0.717, 1.165) is 35.9 Å². The summed E-state index contributed by atoms with van der Waals surface area (Å²) in [6.07, 6.45) is 4.62. The van der Waals surface area contributed by atoms with E-state index >= 15 is 0 Å². The number of carbonyl (C=O) groups excluding carboxylic acids is 1. The van der Waals surface area contributed by atoms with E-state index in [9.17, 15) is 13.2 Å². The molecule has 0 aromatic heterocycles. The average Bonchev–Trinajstić information content (AvgIpc) is 2.77. The second kappa shape index (κ2) is 11.0. The second-order valence-corrected chi connectivity index (χ2v) is 10.2. The fourth-order valence-electron chi connectivity index (χ4n) is 3.66. The van der Waals surface area contributed by atoms with E-state index in [1.54, 1.807) is 12.1 Å². The van der Waals surface area contributed by atoms with Crippen molar-refractivity contribution in [3.8, 4) is 0 Å². The van der Waals surface area contributed by atoms with Crippen LogP contribution in [0.4, 0.5) is 5.69 Å². The zero-order chi connectivity index (χ0) is 22.3. The normalized spacial score (nSPS) is 14.9. The Morgan fingerprint density at radius 1 is 1.03 bits per heavy atom. The minimum atomic E-state index is -3.92. The van der Waals surface area contributed by atoms with Crippen LogP contribution in [0.5, 0.6) is 0 Å². The first-order chi connectivity index (χ1) is 14.9. The molecule has 3 rings (SSSR count). The molecular weight excluding hydrogens is 434 g/mol. The lowest BCUT2D eigenvalue weighted by molar-refractivity contribution is -0.119. The summed E-state index contributed by atoms with van der Waals surface area (Å²) in [6.45, 7) is 5.36. The number of aryl methyl sites for hydroxylation is 1. The van der Waals surface area contributed by atoms with Gasteiger partial charge in [0.05, 0.1) is 10.6 Å². The number of piperidine rings is 1. The zero-order valence-corrected chi connectivity index (χ0v) is 19.5. The Morgan fingerprint density at radius 3 is 2.32 bits per heavy atom. The molecule has 1 aliphatic heterocycles. The Bertz CT molecular complexity index is 957. The van der Waals surface area contributed by atoms with Crippen LogP contribution in [-0.4, -0.2) is 51.9 Å². The van der Waals surface area contributed by atoms with Crippen LogP contribution in [0.2, 0.25) is 5.02 Å². The molecule has 1 aliphatic rings. The number of hydrogen-bond acceptors (Lipinski definition) is 4. The number of likely N-dealkylation sites (tertiary alicyclic amines) is 1. The fourth-order valence-corrected chi connectivity index (χ4v) is 5.21. The molecule has 0 atom stereocenters. The third kappa shape index (κ3) is 6.69. The molecule has 1 amide bonds. The Morgan fingerprint density at radius 2 is 1.68 bits per heavy atom. The Kier molecular flexibility index (Phi) is 8.35. The minimum absolute atomic E-state index is 0.0929. The summed E-state index contributed by atoms with van der Waals surface area (Å²) in [5, 5.41) is 3.32. The number of nitrogens with one attached hydrogen (secondary N) is 1. The fraction of sp³-hybridized carbons (Fsp3) is 0.435. The molecule has 31 heavy (non-hydrogen) atoms. The smallest absolute Gasteiger partial charge is 0.264 e. The molecule has 168 valence electrons. The van der Waals surface area contributed by atoms with Gasteiger partial charge in [-0.1, -0.05) is 35.7 Å². The lowest BCUT2D eigenvalue weighted by Gasteiger charge is -2.26. The first-order valence-corrected chi connectivity index (χ1v) is 12.5. The van der Waals surface area contributed by atoms with E-state index in [1.165, 1.54) is 43.5 Å². The van der Waals surface area contributed by atoms with E-state index in [4.69, 9.17) is 11.6 Å². The van der Waals surface area contributed by atoms with Crippen LogP contribution in [0.3, 0.4) is 0 Å². The van der Waals surface area contributed by atoms with Gasteiger partial charge in [0.25, 0.3) is 10.0 Å². The Balaban J connectivity index is 1.67. The molecular formula is C23H30ClN3O3S. The molecule has 0 spiro atoms. The van der Waals surface area contributed by atoms with Gasteiger partial charge in [-0.3, -0.25) is 9.10 Å². The predicted octanol–water partition coefficient (Wildman–Crippen LogP) is 3.84. The maximum atomic E-state index is 13.3. The second-order valence-electron chi connectivity index (χ2n) is 7.91. The van der Waals surface area contributed by atoms with Crippen LogP contribution in [0, 0.1) is 6.92 Å². The zero-order valence-electron chi connectivity index (χ0n) is 17.9. The number of hydrogen-bond donors (Lipinski definition) is 1. The van der Waals surface area contributed by atoms with Gasteiger partial charge in [-0.05, 0) is 82.2 Å². The van der Waals surface area contributed by atoms with Crippen LogP contribution in [0.25, 0.3) is 0 Å². The van der Waals surface area contributed by atoms with Crippen LogP contribution >= 0.6 is 11.6 Å². The summed E-state index contributed by atoms with van der Waals surface area (Å²) in [6, 6.07) is 13.1. The van der Waals surface area contributed by atoms with Gasteiger partial charge in [-0.2, -0.15) is 0 Å². The number of benzene rings is 2. The number of amides is 1. The van der Waals surface area contributed by atoms with E-state index in [0.29, 0.717) is 17.3 Å². The first kappa shape index (κ1) is 23.6. The van der Waals surface area contributed by atoms with Gasteiger partial charge in [0.15, 0.2) is 0 Å². The van der Waals surface area contributed by atoms with Gasteiger partial charge in [-0.15, -0.1) is 0 Å². The van der Waals surface area contributed by atoms with Gasteiger partial charge in [-0.25, -0.2) is 8.42 Å². The van der Waals surface area contributed by atoms with Crippen molar-refractivity contribution < 1.29 is 13.2 Å². The summed E-state index contributed by atoms with van der Waals surface area (Å²) in [5.41, 5.74) is 1.46. The highest BCUT2D eigenvalue weighted by molar-refractivity contribution is 7.92. The summed E-state index contributed by atoms with van der Waals surface area (Å²) < 4.78 is 27.7. The molecule has 1 fully saturated rings. The number of halogens is 1. The van der Waals surface area contributed by atoms with Gasteiger partial charge in [0.1, 0.15) is 6.54 Å². The van der Waals surface area contributed by atoms with Crippen molar-refractivity contribution in [1.29, 1.82) is 0 Å². The monoisotopic (exact) mass is 463 g/mol. The lowest BCUT2D eigenvalue weighted by atomic mass is 10.1. The maximum Gasteiger partial charge on any atom is 0.264 e. The first-order valence-electron chi connectivity index (χ1n) is 10.7. The number of sulfonamides is 1. The van der Waals surface area contributed by atoms with E-state index in [2.05, 4.69) is 10.2 Å². The van der Waals surface area contributed by atoms with E-state index in [1.807, 2.05) is 19.1 Å². The highest BCUT2D eigenvalue weighted by Gasteiger charge is 2.27. The third-order valence-corrected chi connectivity index (χ3v) is 7.47. The number of rotatable bonds is 9. The van der Waals surface area contributed by atoms with Crippen molar-refractivity contribution >= 4 is 33.2 Å². The van der Waals surface area contributed by atoms with Gasteiger partial charge in [0.2, 0.25) is 5.91 Å². The molecule has 6 nitrogen and oxygen atoms in total. The van der Waals surface area contributed by atoms with E-state index < -0.39 is 10.0 Å². The van der Waals surface area contributed by atoms with E-state index in [-0.39, 0.29) is 17.3 Å². The van der Waals surface area contributed by atoms with Crippen molar-refractivity contribution in [2.45, 2.75) is 37.5 Å². The molecule has 0 aliphatic carbocycles. The SMILES string of the molecule is Cc1ccc(N(CC(=O)NCCCN2CCCCC2)S(=O)(=O)c2ccc(Cl)cc2)cc1. The van der Waals surface area contributed by atoms with Crippen LogP contribution in [0.1, 0.15) is 31.2 Å². The highest BCUT2D eigenvalue weighted by Crippen LogP contribution is 2.25. The third-order valence-electron chi connectivity index (χ3n) is 5.43. The quantitative estimate of drug-likeness (QED) is 0.573. The molecule has 1 heterocycles. The summed E-state index contributed by atoms with van der Waals surface area (Å²) >= 11 is 5.91. The Labute approximate surface area is 190 Å². The summed E-state index contributed by atoms with van der Waals surface area (Å²) in [7, 11) is -3.92. The molecule has 0 bridgehead atoms. The number of nitrogens with zero attached hydrogens (tertiary/aromatic N) is 2. The largest absolute Gasteiger partial charge is 0.354 e. The minimum Gasteiger partial charge on any atom is -0.354 e.